The summed E-state index contributed by atoms with van der Waals surface area (Å²) in [6, 6.07) is 16.3. The Morgan fingerprint density at radius 1 is 0.873 bits per heavy atom. The molecule has 1 fully saturated rings. The number of ether oxygens (including phenoxy) is 3. The third-order valence-electron chi connectivity index (χ3n) is 12.5. The van der Waals surface area contributed by atoms with Gasteiger partial charge in [0.2, 0.25) is 23.6 Å². The third-order valence-corrected chi connectivity index (χ3v) is 12.5. The number of nitrogen functional groups attached to an aromatic ring is 1. The molecule has 0 spiro atoms. The van der Waals surface area contributed by atoms with E-state index in [2.05, 4.69) is 21.3 Å². The molecule has 12 N–H and O–H groups in total. The van der Waals surface area contributed by atoms with E-state index in [0.29, 0.717) is 71.1 Å². The van der Waals surface area contributed by atoms with E-state index in [-0.39, 0.29) is 56.5 Å². The number of nitrogens with zero attached hydrogens (tertiary/aromatic N) is 3. The van der Waals surface area contributed by atoms with Gasteiger partial charge in [0.15, 0.2) is 0 Å². The van der Waals surface area contributed by atoms with E-state index in [0.717, 1.165) is 37.0 Å². The Morgan fingerprint density at radius 2 is 1.54 bits per heavy atom. The van der Waals surface area contributed by atoms with Crippen LogP contribution in [0.3, 0.4) is 0 Å². The standard InChI is InChI=1S/C52H67N11O8/c1-31-46(40(57)30-42(59-31)34-12-15-37(16-13-34)71-36-9-5-4-6-10-36)50(66)61-41(19-22-55)52(68)63(3)47-35-14-18-45(70-26-8-21-54)39(29-35)38-27-33(11-17-44(38)69-25-7-20-53)28-43(49(65)58-24-23-56)62-48(64)32(2)60-51(47)67/h11-18,27,29-30,32,36,41,43,47H,4-10,19-22,24-26,28,53-55H2,1-3H3,(H2,57,59)(H,58,65)(H,60,67)(H,61,66)(H,62,64)/t32-,41-,43-,47-/m0/s1. The van der Waals surface area contributed by atoms with E-state index >= 15 is 0 Å². The number of nitrogens with two attached hydrogens (primary N) is 4. The molecule has 0 radical (unpaired) electrons. The van der Waals surface area contributed by atoms with Gasteiger partial charge in [-0.05, 0) is 144 Å². The quantitative estimate of drug-likeness (QED) is 0.0494. The molecule has 19 nitrogen and oxygen atoms in total. The maximum Gasteiger partial charge on any atom is 0.255 e. The molecule has 4 atom stereocenters. The SMILES string of the molecule is Cc1nc(-c2ccc(OC3CCCCC3)cc2)cc(N)c1C(=O)N[C@@H](CCN)C(=O)N(C)[C@@H]1C(=O)N[C@@H](C)C(=O)N[C@H](C(=O)NCC#N)Cc2ccc(OCCCN)c(c2)-c2cc1ccc2OCCCN. The van der Waals surface area contributed by atoms with E-state index in [1.54, 1.807) is 49.4 Å². The molecular formula is C52H67N11O8. The lowest BCUT2D eigenvalue weighted by Crippen LogP contribution is -2.56. The zero-order chi connectivity index (χ0) is 51.0. The number of carbonyl (C=O) groups is 5. The van der Waals surface area contributed by atoms with Gasteiger partial charge in [0.25, 0.3) is 5.91 Å². The maximum absolute atomic E-state index is 14.8. The molecule has 1 aliphatic heterocycles. The highest BCUT2D eigenvalue weighted by atomic mass is 16.5. The van der Waals surface area contributed by atoms with Gasteiger partial charge in [0.05, 0.1) is 42.3 Å². The average Bonchev–Trinajstić information content (AvgIpc) is 3.35. The number of anilines is 1. The van der Waals surface area contributed by atoms with Crippen molar-refractivity contribution in [2.24, 2.45) is 17.2 Å². The first kappa shape index (κ1) is 53.1. The lowest BCUT2D eigenvalue weighted by Gasteiger charge is -2.32. The van der Waals surface area contributed by atoms with Gasteiger partial charge < -0.3 is 63.3 Å². The molecule has 0 saturated heterocycles. The van der Waals surface area contributed by atoms with Crippen LogP contribution >= 0.6 is 0 Å². The Balaban J connectivity index is 1.35. The van der Waals surface area contributed by atoms with Gasteiger partial charge in [-0.3, -0.25) is 29.0 Å². The maximum atomic E-state index is 14.8. The van der Waals surface area contributed by atoms with Gasteiger partial charge in [-0.25, -0.2) is 0 Å². The van der Waals surface area contributed by atoms with Crippen LogP contribution < -0.4 is 58.4 Å². The van der Waals surface area contributed by atoms with E-state index in [9.17, 15) is 29.2 Å². The highest BCUT2D eigenvalue weighted by molar-refractivity contribution is 6.03. The second-order valence-corrected chi connectivity index (χ2v) is 17.9. The van der Waals surface area contributed by atoms with Gasteiger partial charge in [-0.2, -0.15) is 5.26 Å². The summed E-state index contributed by atoms with van der Waals surface area (Å²) in [6.07, 6.45) is 6.87. The number of hydrogen-bond donors (Lipinski definition) is 8. The molecule has 2 heterocycles. The van der Waals surface area contributed by atoms with Crippen LogP contribution in [0.5, 0.6) is 17.2 Å². The minimum Gasteiger partial charge on any atom is -0.493 e. The number of aromatic nitrogens is 1. The van der Waals surface area contributed by atoms with Crippen molar-refractivity contribution in [1.29, 1.82) is 5.26 Å². The van der Waals surface area contributed by atoms with Crippen LogP contribution in [0.4, 0.5) is 5.69 Å². The minimum absolute atomic E-state index is 0.00619. The fourth-order valence-corrected chi connectivity index (χ4v) is 8.77. The molecule has 3 aromatic carbocycles. The van der Waals surface area contributed by atoms with Crippen LogP contribution in [-0.2, 0) is 25.6 Å². The van der Waals surface area contributed by atoms with E-state index in [4.69, 9.17) is 42.1 Å². The molecule has 2 aliphatic rings. The summed E-state index contributed by atoms with van der Waals surface area (Å²) in [7, 11) is 1.42. The smallest absolute Gasteiger partial charge is 0.255 e. The molecule has 5 amide bonds. The average molecular weight is 974 g/mol. The number of aryl methyl sites for hydroxylation is 1. The van der Waals surface area contributed by atoms with Gasteiger partial charge in [-0.15, -0.1) is 0 Å². The van der Waals surface area contributed by atoms with Crippen LogP contribution in [-0.4, -0.2) is 110 Å². The number of fused-ring (bicyclic) bond motifs is 5. The molecule has 1 aliphatic carbocycles. The Bertz CT molecular complexity index is 2540. The zero-order valence-electron chi connectivity index (χ0n) is 40.8. The van der Waals surface area contributed by atoms with Crippen molar-refractivity contribution in [2.45, 2.75) is 102 Å². The van der Waals surface area contributed by atoms with Crippen molar-refractivity contribution in [3.63, 3.8) is 0 Å². The molecule has 1 saturated carbocycles. The molecule has 4 bridgehead atoms. The summed E-state index contributed by atoms with van der Waals surface area (Å²) in [5.41, 5.74) is 28.1. The Hall–Kier alpha value is -7.27. The van der Waals surface area contributed by atoms with Gasteiger partial charge in [-0.1, -0.05) is 18.6 Å². The zero-order valence-corrected chi connectivity index (χ0v) is 40.8. The largest absolute Gasteiger partial charge is 0.493 e. The fraction of sp³-hybridized carbons (Fsp3) is 0.442. The number of pyridine rings is 1. The van der Waals surface area contributed by atoms with E-state index < -0.39 is 53.7 Å². The molecule has 4 aromatic rings. The number of carbonyl (C=O) groups excluding carboxylic acids is 5. The van der Waals surface area contributed by atoms with Crippen molar-refractivity contribution in [2.75, 3.05) is 52.2 Å². The predicted molar refractivity (Wildman–Crippen MR) is 269 cm³/mol. The minimum atomic E-state index is -1.42. The number of benzene rings is 3. The van der Waals surface area contributed by atoms with Crippen LogP contribution in [0.25, 0.3) is 22.4 Å². The number of hydrogen-bond acceptors (Lipinski definition) is 14. The molecule has 1 aromatic heterocycles. The van der Waals surface area contributed by atoms with Crippen molar-refractivity contribution in [1.82, 2.24) is 31.2 Å². The Kier molecular flexibility index (Phi) is 19.1. The predicted octanol–water partition coefficient (Wildman–Crippen LogP) is 3.31. The summed E-state index contributed by atoms with van der Waals surface area (Å²) in [4.78, 5) is 76.8. The van der Waals surface area contributed by atoms with E-state index in [1.165, 1.54) is 25.3 Å². The first-order valence-electron chi connectivity index (χ1n) is 24.3. The number of likely N-dealkylation sites (N-methyl/N-ethyl adjacent to an activating group) is 1. The highest BCUT2D eigenvalue weighted by Gasteiger charge is 2.36. The van der Waals surface area contributed by atoms with Crippen LogP contribution in [0, 0.1) is 18.3 Å². The number of nitrogens with one attached hydrogen (secondary N) is 4. The van der Waals surface area contributed by atoms with Crippen molar-refractivity contribution in [3.8, 4) is 45.7 Å². The summed E-state index contributed by atoms with van der Waals surface area (Å²) in [5, 5.41) is 20.0. The summed E-state index contributed by atoms with van der Waals surface area (Å²) in [5.74, 6) is -1.81. The molecule has 0 unspecified atom stereocenters. The lowest BCUT2D eigenvalue weighted by atomic mass is 9.93. The Labute approximate surface area is 414 Å². The monoisotopic (exact) mass is 974 g/mol. The van der Waals surface area contributed by atoms with Gasteiger partial charge in [0, 0.05) is 35.8 Å². The highest BCUT2D eigenvalue weighted by Crippen LogP contribution is 2.40. The van der Waals surface area contributed by atoms with Crippen LogP contribution in [0.1, 0.15) is 91.5 Å². The lowest BCUT2D eigenvalue weighted by molar-refractivity contribution is -0.141. The normalized spacial score (nSPS) is 17.6. The first-order valence-corrected chi connectivity index (χ1v) is 24.3. The summed E-state index contributed by atoms with van der Waals surface area (Å²) >= 11 is 0. The van der Waals surface area contributed by atoms with Crippen LogP contribution in [0.15, 0.2) is 66.7 Å². The van der Waals surface area contributed by atoms with Gasteiger partial charge in [0.1, 0.15) is 48.0 Å². The molecule has 6 rings (SSSR count). The van der Waals surface area contributed by atoms with E-state index in [1.807, 2.05) is 30.3 Å². The topological polar surface area (TPSA) is 305 Å². The Morgan fingerprint density at radius 3 is 2.17 bits per heavy atom. The van der Waals surface area contributed by atoms with Crippen LogP contribution in [0.2, 0.25) is 0 Å². The summed E-state index contributed by atoms with van der Waals surface area (Å²) in [6.45, 7) is 4.04. The number of amides is 5. The third kappa shape index (κ3) is 13.7. The van der Waals surface area contributed by atoms with Gasteiger partial charge >= 0.3 is 0 Å². The van der Waals surface area contributed by atoms with Crippen molar-refractivity contribution in [3.05, 3.63) is 89.1 Å². The molecule has 71 heavy (non-hydrogen) atoms. The van der Waals surface area contributed by atoms with Crippen molar-refractivity contribution < 1.29 is 38.2 Å². The molecular weight excluding hydrogens is 907 g/mol. The molecule has 378 valence electrons. The molecule has 19 heteroatoms. The summed E-state index contributed by atoms with van der Waals surface area (Å²) < 4.78 is 18.7. The fourth-order valence-electron chi connectivity index (χ4n) is 8.77. The first-order chi connectivity index (χ1) is 34.3. The van der Waals surface area contributed by atoms with Crippen molar-refractivity contribution >= 4 is 35.2 Å². The second-order valence-electron chi connectivity index (χ2n) is 17.9. The number of rotatable bonds is 19. The second kappa shape index (κ2) is 25.5. The number of nitriles is 1.